The van der Waals surface area contributed by atoms with Gasteiger partial charge in [-0.15, -0.1) is 0 Å². The molecule has 9 aromatic rings. The Hall–Kier alpha value is -6.90. The van der Waals surface area contributed by atoms with Gasteiger partial charge in [-0.25, -0.2) is 0 Å². The number of para-hydroxylation sites is 3. The van der Waals surface area contributed by atoms with Crippen molar-refractivity contribution in [1.29, 1.82) is 0 Å². The Bertz CT molecular complexity index is 3000. The molecule has 0 bridgehead atoms. The van der Waals surface area contributed by atoms with Gasteiger partial charge >= 0.3 is 0 Å². The third-order valence-corrected chi connectivity index (χ3v) is 13.0. The van der Waals surface area contributed by atoms with Crippen LogP contribution in [-0.2, 0) is 10.8 Å². The van der Waals surface area contributed by atoms with E-state index >= 15 is 0 Å². The summed E-state index contributed by atoms with van der Waals surface area (Å²) in [5.74, 6) is 0. The molecule has 2 aliphatic heterocycles. The largest absolute Gasteiger partial charge is 0.310 e. The molecule has 58 heavy (non-hydrogen) atoms. The second kappa shape index (κ2) is 12.8. The molecular formula is C56H44N2. The molecule has 0 aromatic heterocycles. The molecule has 278 valence electrons. The van der Waals surface area contributed by atoms with Crippen LogP contribution < -0.4 is 9.80 Å². The summed E-state index contributed by atoms with van der Waals surface area (Å²) in [6.45, 7) is 9.62. The van der Waals surface area contributed by atoms with Gasteiger partial charge in [0.25, 0.3) is 0 Å². The molecule has 0 aliphatic carbocycles. The van der Waals surface area contributed by atoms with Gasteiger partial charge in [-0.1, -0.05) is 167 Å². The second-order valence-electron chi connectivity index (χ2n) is 16.9. The van der Waals surface area contributed by atoms with Crippen LogP contribution in [0.4, 0.5) is 34.1 Å². The summed E-state index contributed by atoms with van der Waals surface area (Å²) in [6.07, 6.45) is 0. The standard InChI is InChI=1S/C56H44N2/c1-55(2)45-30-18-19-31-49(45)57(39-22-10-6-11-23-39)51-36-48-52(35-47(51)55)58(40-24-12-7-13-25-40)50-33-32-38(34-46(50)56(48,3)4)54-43-28-16-14-26-41(43)53(37-20-8-5-9-21-37)42-27-15-17-29-44(42)54/h5-36H,1-4H3. The molecule has 0 fully saturated rings. The molecule has 0 spiro atoms. The first-order chi connectivity index (χ1) is 28.3. The Kier molecular flexibility index (Phi) is 7.59. The van der Waals surface area contributed by atoms with E-state index in [1.165, 1.54) is 94.5 Å². The van der Waals surface area contributed by atoms with Crippen LogP contribution in [-0.4, -0.2) is 0 Å². The SMILES string of the molecule is CC1(C)c2ccccc2N(c2ccccc2)c2cc3c(cc21)N(c1ccccc1)c1ccc(-c2c4ccccc4c(-c4ccccc4)c4ccccc24)cc1C3(C)C. The maximum atomic E-state index is 2.51. The van der Waals surface area contributed by atoms with E-state index in [1.807, 2.05) is 0 Å². The highest BCUT2D eigenvalue weighted by Crippen LogP contribution is 2.59. The number of anilines is 6. The van der Waals surface area contributed by atoms with Gasteiger partial charge in [0.15, 0.2) is 0 Å². The maximum Gasteiger partial charge on any atom is 0.0507 e. The van der Waals surface area contributed by atoms with Crippen molar-refractivity contribution in [1.82, 2.24) is 0 Å². The number of hydrogen-bond donors (Lipinski definition) is 0. The Morgan fingerprint density at radius 1 is 0.293 bits per heavy atom. The maximum absolute atomic E-state index is 2.51. The molecule has 0 amide bonds. The fourth-order valence-electron chi connectivity index (χ4n) is 10.1. The van der Waals surface area contributed by atoms with Crippen LogP contribution in [0.25, 0.3) is 43.8 Å². The summed E-state index contributed by atoms with van der Waals surface area (Å²) in [4.78, 5) is 5.00. The first kappa shape index (κ1) is 34.4. The first-order valence-corrected chi connectivity index (χ1v) is 20.4. The zero-order valence-corrected chi connectivity index (χ0v) is 33.4. The molecule has 2 aliphatic rings. The Balaban J connectivity index is 1.19. The van der Waals surface area contributed by atoms with Crippen molar-refractivity contribution in [3.05, 3.63) is 216 Å². The molecule has 0 atom stereocenters. The molecule has 0 saturated carbocycles. The molecule has 11 rings (SSSR count). The lowest BCUT2D eigenvalue weighted by atomic mass is 9.68. The summed E-state index contributed by atoms with van der Waals surface area (Å²) in [5.41, 5.74) is 17.0. The lowest BCUT2D eigenvalue weighted by Gasteiger charge is -2.47. The highest BCUT2D eigenvalue weighted by molar-refractivity contribution is 6.21. The third kappa shape index (κ3) is 4.98. The minimum Gasteiger partial charge on any atom is -0.310 e. The fraction of sp³-hybridized carbons (Fsp3) is 0.107. The number of hydrogen-bond acceptors (Lipinski definition) is 2. The fourth-order valence-corrected chi connectivity index (χ4v) is 10.1. The van der Waals surface area contributed by atoms with Gasteiger partial charge in [-0.2, -0.15) is 0 Å². The predicted octanol–water partition coefficient (Wildman–Crippen LogP) is 15.5. The first-order valence-electron chi connectivity index (χ1n) is 20.4. The lowest BCUT2D eigenvalue weighted by molar-refractivity contribution is 0.615. The summed E-state index contributed by atoms with van der Waals surface area (Å²) >= 11 is 0. The molecule has 0 saturated heterocycles. The second-order valence-corrected chi connectivity index (χ2v) is 16.9. The van der Waals surface area contributed by atoms with Crippen LogP contribution >= 0.6 is 0 Å². The lowest BCUT2D eigenvalue weighted by Crippen LogP contribution is -2.35. The van der Waals surface area contributed by atoms with Gasteiger partial charge in [0.1, 0.15) is 0 Å². The quantitative estimate of drug-likeness (QED) is 0.166. The molecule has 2 nitrogen and oxygen atoms in total. The Labute approximate surface area is 341 Å². The van der Waals surface area contributed by atoms with Crippen molar-refractivity contribution in [2.45, 2.75) is 38.5 Å². The predicted molar refractivity (Wildman–Crippen MR) is 246 cm³/mol. The summed E-state index contributed by atoms with van der Waals surface area (Å²) < 4.78 is 0. The average molecular weight is 745 g/mol. The van der Waals surface area contributed by atoms with Crippen molar-refractivity contribution in [2.24, 2.45) is 0 Å². The minimum atomic E-state index is -0.333. The number of nitrogens with zero attached hydrogens (tertiary/aromatic N) is 2. The molecule has 0 N–H and O–H groups in total. The van der Waals surface area contributed by atoms with Crippen LogP contribution in [0, 0.1) is 0 Å². The van der Waals surface area contributed by atoms with E-state index in [-0.39, 0.29) is 10.8 Å². The monoisotopic (exact) mass is 744 g/mol. The van der Waals surface area contributed by atoms with Crippen LogP contribution in [0.3, 0.4) is 0 Å². The molecular weight excluding hydrogens is 701 g/mol. The number of benzene rings is 9. The van der Waals surface area contributed by atoms with E-state index in [0.29, 0.717) is 0 Å². The van der Waals surface area contributed by atoms with Crippen molar-refractivity contribution >= 4 is 55.7 Å². The van der Waals surface area contributed by atoms with E-state index in [4.69, 9.17) is 0 Å². The molecule has 0 radical (unpaired) electrons. The van der Waals surface area contributed by atoms with Crippen LogP contribution in [0.2, 0.25) is 0 Å². The summed E-state index contributed by atoms with van der Waals surface area (Å²) in [5, 5.41) is 5.07. The van der Waals surface area contributed by atoms with Crippen molar-refractivity contribution in [3.63, 3.8) is 0 Å². The van der Waals surface area contributed by atoms with E-state index in [1.54, 1.807) is 0 Å². The van der Waals surface area contributed by atoms with Crippen LogP contribution in [0.15, 0.2) is 194 Å². The molecule has 0 unspecified atom stereocenters. The minimum absolute atomic E-state index is 0.225. The van der Waals surface area contributed by atoms with Crippen molar-refractivity contribution < 1.29 is 0 Å². The Morgan fingerprint density at radius 2 is 0.672 bits per heavy atom. The zero-order chi connectivity index (χ0) is 39.2. The molecule has 9 aromatic carbocycles. The van der Waals surface area contributed by atoms with Gasteiger partial charge in [0.05, 0.1) is 22.7 Å². The van der Waals surface area contributed by atoms with Crippen molar-refractivity contribution in [3.8, 4) is 22.3 Å². The van der Waals surface area contributed by atoms with E-state index in [2.05, 4.69) is 232 Å². The topological polar surface area (TPSA) is 6.48 Å². The number of rotatable bonds is 4. The normalized spacial score (nSPS) is 14.8. The highest BCUT2D eigenvalue weighted by Gasteiger charge is 2.43. The van der Waals surface area contributed by atoms with E-state index in [0.717, 1.165) is 5.69 Å². The summed E-state index contributed by atoms with van der Waals surface area (Å²) in [7, 11) is 0. The zero-order valence-electron chi connectivity index (χ0n) is 33.4. The third-order valence-electron chi connectivity index (χ3n) is 13.0. The smallest absolute Gasteiger partial charge is 0.0507 e. The van der Waals surface area contributed by atoms with Crippen molar-refractivity contribution in [2.75, 3.05) is 9.80 Å². The van der Waals surface area contributed by atoms with Gasteiger partial charge < -0.3 is 9.80 Å². The van der Waals surface area contributed by atoms with Crippen LogP contribution in [0.1, 0.15) is 49.9 Å². The van der Waals surface area contributed by atoms with E-state index < -0.39 is 0 Å². The van der Waals surface area contributed by atoms with E-state index in [9.17, 15) is 0 Å². The highest BCUT2D eigenvalue weighted by atomic mass is 15.2. The number of fused-ring (bicyclic) bond motifs is 6. The molecule has 2 heterocycles. The van der Waals surface area contributed by atoms with Crippen LogP contribution in [0.5, 0.6) is 0 Å². The van der Waals surface area contributed by atoms with Gasteiger partial charge in [-0.3, -0.25) is 0 Å². The average Bonchev–Trinajstić information content (AvgIpc) is 3.26. The molecule has 2 heteroatoms. The van der Waals surface area contributed by atoms with Gasteiger partial charge in [-0.05, 0) is 121 Å². The summed E-state index contributed by atoms with van der Waals surface area (Å²) in [6, 6.07) is 71.8. The Morgan fingerprint density at radius 3 is 1.19 bits per heavy atom. The van der Waals surface area contributed by atoms with Gasteiger partial charge in [0.2, 0.25) is 0 Å². The van der Waals surface area contributed by atoms with Gasteiger partial charge in [0, 0.05) is 22.2 Å².